The molecule has 3 heterocycles. The lowest BCUT2D eigenvalue weighted by Gasteiger charge is -2.25. The Labute approximate surface area is 116 Å². The van der Waals surface area contributed by atoms with Crippen LogP contribution in [0.15, 0.2) is 71.4 Å². The highest BCUT2D eigenvalue weighted by Gasteiger charge is 2.49. The minimum absolute atomic E-state index is 0.0414. The summed E-state index contributed by atoms with van der Waals surface area (Å²) in [6.45, 7) is 0. The summed E-state index contributed by atoms with van der Waals surface area (Å²) >= 11 is 0. The Morgan fingerprint density at radius 2 is 1.85 bits per heavy atom. The number of furan rings is 1. The molecule has 1 aromatic heterocycles. The smallest absolute Gasteiger partial charge is 0.142 e. The topological polar surface area (TPSA) is 22.4 Å². The van der Waals surface area contributed by atoms with Crippen molar-refractivity contribution in [2.75, 3.05) is 0 Å². The van der Waals surface area contributed by atoms with Crippen molar-refractivity contribution in [3.8, 4) is 0 Å². The summed E-state index contributed by atoms with van der Waals surface area (Å²) in [5.74, 6) is 0. The van der Waals surface area contributed by atoms with Gasteiger partial charge in [0.1, 0.15) is 17.3 Å². The standard InChI is InChI=1S/C18H12O2/c1-2-4-13(5-3-1)18-10-8-15(20-18)14-7-6-12-9-11-19-17(12)16(14)18/h1-11,15H. The van der Waals surface area contributed by atoms with Crippen LogP contribution < -0.4 is 0 Å². The van der Waals surface area contributed by atoms with Crippen LogP contribution in [0.25, 0.3) is 11.0 Å². The number of hydrogen-bond acceptors (Lipinski definition) is 2. The third-order valence-corrected chi connectivity index (χ3v) is 4.35. The highest BCUT2D eigenvalue weighted by atomic mass is 16.5. The Morgan fingerprint density at radius 3 is 2.75 bits per heavy atom. The summed E-state index contributed by atoms with van der Waals surface area (Å²) in [7, 11) is 0. The summed E-state index contributed by atoms with van der Waals surface area (Å²) < 4.78 is 12.1. The highest BCUT2D eigenvalue weighted by molar-refractivity contribution is 5.85. The van der Waals surface area contributed by atoms with E-state index < -0.39 is 5.60 Å². The van der Waals surface area contributed by atoms with Gasteiger partial charge in [0.2, 0.25) is 0 Å². The Morgan fingerprint density at radius 1 is 0.950 bits per heavy atom. The zero-order chi connectivity index (χ0) is 13.2. The molecular weight excluding hydrogens is 248 g/mol. The lowest BCUT2D eigenvalue weighted by Crippen LogP contribution is -2.22. The second kappa shape index (κ2) is 3.41. The van der Waals surface area contributed by atoms with Crippen molar-refractivity contribution in [1.82, 2.24) is 0 Å². The van der Waals surface area contributed by atoms with Gasteiger partial charge < -0.3 is 9.15 Å². The summed E-state index contributed by atoms with van der Waals surface area (Å²) in [6, 6.07) is 16.6. The largest absolute Gasteiger partial charge is 0.464 e. The molecule has 96 valence electrons. The van der Waals surface area contributed by atoms with Gasteiger partial charge in [-0.3, -0.25) is 0 Å². The lowest BCUT2D eigenvalue weighted by atomic mass is 9.81. The van der Waals surface area contributed by atoms with Gasteiger partial charge >= 0.3 is 0 Å². The van der Waals surface area contributed by atoms with Gasteiger partial charge in [0.25, 0.3) is 0 Å². The molecule has 2 aliphatic rings. The summed E-state index contributed by atoms with van der Waals surface area (Å²) in [6.07, 6.45) is 6.10. The molecular formula is C18H12O2. The van der Waals surface area contributed by atoms with Crippen LogP contribution in [-0.4, -0.2) is 0 Å². The molecule has 2 aliphatic heterocycles. The van der Waals surface area contributed by atoms with Crippen LogP contribution in [0.1, 0.15) is 22.8 Å². The Kier molecular flexibility index (Phi) is 1.78. The first-order valence-corrected chi connectivity index (χ1v) is 6.82. The van der Waals surface area contributed by atoms with Gasteiger partial charge in [0.15, 0.2) is 0 Å². The first-order chi connectivity index (χ1) is 9.88. The molecule has 0 saturated carbocycles. The quantitative estimate of drug-likeness (QED) is 0.608. The molecule has 0 fully saturated rings. The van der Waals surface area contributed by atoms with E-state index in [1.165, 1.54) is 11.1 Å². The second-order valence-corrected chi connectivity index (χ2v) is 5.37. The molecule has 5 rings (SSSR count). The van der Waals surface area contributed by atoms with Crippen molar-refractivity contribution in [1.29, 1.82) is 0 Å². The molecule has 0 radical (unpaired) electrons. The third-order valence-electron chi connectivity index (χ3n) is 4.35. The van der Waals surface area contributed by atoms with Crippen molar-refractivity contribution in [3.63, 3.8) is 0 Å². The van der Waals surface area contributed by atoms with Crippen LogP contribution in [-0.2, 0) is 10.3 Å². The molecule has 2 unspecified atom stereocenters. The van der Waals surface area contributed by atoms with E-state index in [2.05, 4.69) is 48.6 Å². The third kappa shape index (κ3) is 1.09. The SMILES string of the molecule is C1=CC2(c3ccccc3)OC1c1ccc3ccoc3c12. The van der Waals surface area contributed by atoms with Crippen LogP contribution >= 0.6 is 0 Å². The average molecular weight is 260 g/mol. The van der Waals surface area contributed by atoms with Gasteiger partial charge in [0.05, 0.1) is 6.26 Å². The molecule has 2 nitrogen and oxygen atoms in total. The monoisotopic (exact) mass is 260 g/mol. The van der Waals surface area contributed by atoms with E-state index in [0.717, 1.165) is 16.5 Å². The number of fused-ring (bicyclic) bond motifs is 7. The minimum Gasteiger partial charge on any atom is -0.464 e. The fraction of sp³-hybridized carbons (Fsp3) is 0.111. The molecule has 2 bridgehead atoms. The van der Waals surface area contributed by atoms with Crippen LogP contribution in [0.3, 0.4) is 0 Å². The van der Waals surface area contributed by atoms with Crippen LogP contribution in [0.4, 0.5) is 0 Å². The van der Waals surface area contributed by atoms with Crippen molar-refractivity contribution in [3.05, 3.63) is 83.6 Å². The van der Waals surface area contributed by atoms with Gasteiger partial charge in [-0.25, -0.2) is 0 Å². The van der Waals surface area contributed by atoms with Gasteiger partial charge in [-0.1, -0.05) is 48.5 Å². The zero-order valence-electron chi connectivity index (χ0n) is 10.7. The van der Waals surface area contributed by atoms with Crippen LogP contribution in [0, 0.1) is 0 Å². The van der Waals surface area contributed by atoms with Crippen molar-refractivity contribution < 1.29 is 9.15 Å². The predicted molar refractivity (Wildman–Crippen MR) is 76.4 cm³/mol. The Hall–Kier alpha value is -2.32. The van der Waals surface area contributed by atoms with E-state index >= 15 is 0 Å². The first kappa shape index (κ1) is 10.5. The van der Waals surface area contributed by atoms with Crippen molar-refractivity contribution in [2.24, 2.45) is 0 Å². The maximum atomic E-state index is 6.32. The van der Waals surface area contributed by atoms with E-state index in [9.17, 15) is 0 Å². The van der Waals surface area contributed by atoms with E-state index in [0.29, 0.717) is 0 Å². The molecule has 0 N–H and O–H groups in total. The molecule has 20 heavy (non-hydrogen) atoms. The molecule has 3 aromatic rings. The van der Waals surface area contributed by atoms with E-state index in [1.54, 1.807) is 6.26 Å². The summed E-state index contributed by atoms with van der Waals surface area (Å²) in [4.78, 5) is 0. The van der Waals surface area contributed by atoms with Gasteiger partial charge in [-0.2, -0.15) is 0 Å². The maximum Gasteiger partial charge on any atom is 0.142 e. The fourth-order valence-corrected chi connectivity index (χ4v) is 3.47. The molecule has 0 amide bonds. The van der Waals surface area contributed by atoms with Crippen LogP contribution in [0.5, 0.6) is 0 Å². The maximum absolute atomic E-state index is 6.32. The molecule has 2 aromatic carbocycles. The first-order valence-electron chi connectivity index (χ1n) is 6.82. The minimum atomic E-state index is -0.487. The van der Waals surface area contributed by atoms with Gasteiger partial charge in [-0.15, -0.1) is 0 Å². The number of ether oxygens (including phenoxy) is 1. The summed E-state index contributed by atoms with van der Waals surface area (Å²) in [5, 5.41) is 1.13. The average Bonchev–Trinajstić information content (AvgIpc) is 3.21. The Balaban J connectivity index is 1.90. The molecule has 2 heteroatoms. The number of rotatable bonds is 1. The fourth-order valence-electron chi connectivity index (χ4n) is 3.47. The summed E-state index contributed by atoms with van der Waals surface area (Å²) in [5.41, 5.74) is 4.00. The predicted octanol–water partition coefficient (Wildman–Crippen LogP) is 4.32. The number of hydrogen-bond donors (Lipinski definition) is 0. The Bertz CT molecular complexity index is 844. The van der Waals surface area contributed by atoms with E-state index in [4.69, 9.17) is 9.15 Å². The molecule has 0 aliphatic carbocycles. The van der Waals surface area contributed by atoms with Crippen molar-refractivity contribution >= 4 is 11.0 Å². The van der Waals surface area contributed by atoms with Gasteiger partial charge in [0, 0.05) is 10.9 Å². The lowest BCUT2D eigenvalue weighted by molar-refractivity contribution is 0.0273. The molecule has 2 atom stereocenters. The molecule has 0 spiro atoms. The van der Waals surface area contributed by atoms with Crippen LogP contribution in [0.2, 0.25) is 0 Å². The van der Waals surface area contributed by atoms with Crippen molar-refractivity contribution in [2.45, 2.75) is 11.7 Å². The van der Waals surface area contributed by atoms with E-state index in [-0.39, 0.29) is 6.10 Å². The zero-order valence-corrected chi connectivity index (χ0v) is 10.7. The van der Waals surface area contributed by atoms with E-state index in [1.807, 2.05) is 12.1 Å². The molecule has 0 saturated heterocycles. The highest BCUT2D eigenvalue weighted by Crippen LogP contribution is 2.55. The van der Waals surface area contributed by atoms with Gasteiger partial charge in [-0.05, 0) is 23.3 Å². The second-order valence-electron chi connectivity index (χ2n) is 5.37. The number of benzene rings is 2. The normalized spacial score (nSPS) is 26.3.